The van der Waals surface area contributed by atoms with Crippen LogP contribution in [0.15, 0.2) is 42.5 Å². The Balaban J connectivity index is 1.97. The molecule has 0 unspecified atom stereocenters. The van der Waals surface area contributed by atoms with Crippen LogP contribution in [0.1, 0.15) is 22.3 Å². The second-order valence-corrected chi connectivity index (χ2v) is 7.99. The Morgan fingerprint density at radius 1 is 1.15 bits per heavy atom. The predicted molar refractivity (Wildman–Crippen MR) is 111 cm³/mol. The summed E-state index contributed by atoms with van der Waals surface area (Å²) in [5.74, 6) is -0.0211. The van der Waals surface area contributed by atoms with Crippen molar-refractivity contribution in [2.45, 2.75) is 13.3 Å². The van der Waals surface area contributed by atoms with Crippen LogP contribution in [0.2, 0.25) is 5.02 Å². The lowest BCUT2D eigenvalue weighted by Gasteiger charge is -2.21. The smallest absolute Gasteiger partial charge is 0.260 e. The van der Waals surface area contributed by atoms with Gasteiger partial charge in [0.05, 0.1) is 10.2 Å². The van der Waals surface area contributed by atoms with Crippen LogP contribution in [0.25, 0.3) is 10.2 Å². The molecular formula is C20H22ClN3OS. The van der Waals surface area contributed by atoms with Crippen LogP contribution in [-0.4, -0.2) is 43.0 Å². The number of carbonyl (C=O) groups excluding carboxylic acids is 1. The van der Waals surface area contributed by atoms with E-state index in [1.54, 1.807) is 4.90 Å². The number of aryl methyl sites for hydroxylation is 1. The van der Waals surface area contributed by atoms with E-state index in [0.717, 1.165) is 33.9 Å². The minimum Gasteiger partial charge on any atom is -0.309 e. The molecule has 0 aliphatic heterocycles. The van der Waals surface area contributed by atoms with Crippen molar-refractivity contribution in [3.05, 3.63) is 58.6 Å². The van der Waals surface area contributed by atoms with E-state index in [9.17, 15) is 4.79 Å². The molecule has 0 fully saturated rings. The van der Waals surface area contributed by atoms with Gasteiger partial charge < -0.3 is 4.90 Å². The van der Waals surface area contributed by atoms with E-state index in [1.165, 1.54) is 11.3 Å². The minimum absolute atomic E-state index is 0.0211. The zero-order chi connectivity index (χ0) is 18.7. The van der Waals surface area contributed by atoms with Gasteiger partial charge in [-0.15, -0.1) is 0 Å². The predicted octanol–water partition coefficient (Wildman–Crippen LogP) is 4.86. The summed E-state index contributed by atoms with van der Waals surface area (Å²) < 4.78 is 1.00. The summed E-state index contributed by atoms with van der Waals surface area (Å²) in [6.07, 6.45) is 0.876. The van der Waals surface area contributed by atoms with Gasteiger partial charge >= 0.3 is 0 Å². The molecule has 0 N–H and O–H groups in total. The maximum absolute atomic E-state index is 13.1. The van der Waals surface area contributed by atoms with Crippen LogP contribution >= 0.6 is 22.9 Å². The van der Waals surface area contributed by atoms with Crippen molar-refractivity contribution in [1.29, 1.82) is 0 Å². The number of hydrogen-bond donors (Lipinski definition) is 0. The second-order valence-electron chi connectivity index (χ2n) is 6.55. The van der Waals surface area contributed by atoms with Gasteiger partial charge in [0.1, 0.15) is 0 Å². The van der Waals surface area contributed by atoms with Gasteiger partial charge in [-0.1, -0.05) is 41.1 Å². The first kappa shape index (κ1) is 18.8. The number of anilines is 1. The molecule has 3 rings (SSSR count). The van der Waals surface area contributed by atoms with E-state index in [0.29, 0.717) is 17.1 Å². The van der Waals surface area contributed by atoms with E-state index in [1.807, 2.05) is 63.5 Å². The molecule has 2 aromatic carbocycles. The molecule has 1 amide bonds. The number of rotatable bonds is 6. The number of halogens is 1. The second kappa shape index (κ2) is 8.16. The third-order valence-electron chi connectivity index (χ3n) is 4.12. The molecule has 1 aromatic heterocycles. The number of benzene rings is 2. The molecule has 0 atom stereocenters. The lowest BCUT2D eigenvalue weighted by atomic mass is 10.2. The molecule has 4 nitrogen and oxygen atoms in total. The van der Waals surface area contributed by atoms with E-state index in [-0.39, 0.29) is 5.91 Å². The van der Waals surface area contributed by atoms with Crippen LogP contribution < -0.4 is 4.90 Å². The molecule has 0 bridgehead atoms. The lowest BCUT2D eigenvalue weighted by molar-refractivity contribution is 0.0986. The van der Waals surface area contributed by atoms with Crippen molar-refractivity contribution in [2.75, 3.05) is 32.1 Å². The molecule has 0 radical (unpaired) electrons. The number of amides is 1. The van der Waals surface area contributed by atoms with E-state index < -0.39 is 0 Å². The molecule has 0 aliphatic rings. The summed E-state index contributed by atoms with van der Waals surface area (Å²) >= 11 is 7.69. The van der Waals surface area contributed by atoms with Crippen LogP contribution in [0.3, 0.4) is 0 Å². The number of carbonyl (C=O) groups is 1. The van der Waals surface area contributed by atoms with Gasteiger partial charge in [-0.25, -0.2) is 4.98 Å². The van der Waals surface area contributed by atoms with Crippen molar-refractivity contribution in [3.8, 4) is 0 Å². The Hall–Kier alpha value is -1.95. The fourth-order valence-electron chi connectivity index (χ4n) is 2.82. The van der Waals surface area contributed by atoms with Crippen molar-refractivity contribution in [3.63, 3.8) is 0 Å². The highest BCUT2D eigenvalue weighted by Gasteiger charge is 2.21. The Morgan fingerprint density at radius 3 is 2.58 bits per heavy atom. The summed E-state index contributed by atoms with van der Waals surface area (Å²) in [4.78, 5) is 21.8. The monoisotopic (exact) mass is 387 g/mol. The minimum atomic E-state index is -0.0211. The first-order chi connectivity index (χ1) is 12.5. The molecule has 0 saturated heterocycles. The van der Waals surface area contributed by atoms with Crippen molar-refractivity contribution >= 4 is 44.2 Å². The number of fused-ring (bicyclic) bond motifs is 1. The number of nitrogens with zero attached hydrogens (tertiary/aromatic N) is 3. The normalized spacial score (nSPS) is 11.3. The third kappa shape index (κ3) is 4.23. The van der Waals surface area contributed by atoms with E-state index in [2.05, 4.69) is 4.90 Å². The Morgan fingerprint density at radius 2 is 1.88 bits per heavy atom. The standard InChI is InChI=1S/C20H22ClN3OS/c1-14-12-16(21)13-17-18(14)22-20(26-17)24(11-7-10-23(2)3)19(25)15-8-5-4-6-9-15/h4-6,8-9,12-13H,7,10-11H2,1-3H3. The highest BCUT2D eigenvalue weighted by molar-refractivity contribution is 7.22. The molecular weight excluding hydrogens is 366 g/mol. The Kier molecular flexibility index (Phi) is 5.91. The molecule has 0 aliphatic carbocycles. The van der Waals surface area contributed by atoms with Crippen molar-refractivity contribution < 1.29 is 4.79 Å². The molecule has 26 heavy (non-hydrogen) atoms. The fraction of sp³-hybridized carbons (Fsp3) is 0.300. The van der Waals surface area contributed by atoms with E-state index >= 15 is 0 Å². The lowest BCUT2D eigenvalue weighted by Crippen LogP contribution is -2.33. The molecule has 0 spiro atoms. The highest BCUT2D eigenvalue weighted by Crippen LogP contribution is 2.33. The van der Waals surface area contributed by atoms with Crippen molar-refractivity contribution in [1.82, 2.24) is 9.88 Å². The first-order valence-corrected chi connectivity index (χ1v) is 9.73. The number of thiazole rings is 1. The van der Waals surface area contributed by atoms with E-state index in [4.69, 9.17) is 16.6 Å². The van der Waals surface area contributed by atoms with Crippen LogP contribution in [0.4, 0.5) is 5.13 Å². The molecule has 1 heterocycles. The summed E-state index contributed by atoms with van der Waals surface area (Å²) in [6, 6.07) is 13.2. The van der Waals surface area contributed by atoms with Crippen LogP contribution in [0, 0.1) is 6.92 Å². The van der Waals surface area contributed by atoms with Gasteiger partial charge in [-0.3, -0.25) is 9.69 Å². The van der Waals surface area contributed by atoms with Gasteiger partial charge in [0.2, 0.25) is 0 Å². The zero-order valence-corrected chi connectivity index (χ0v) is 16.8. The highest BCUT2D eigenvalue weighted by atomic mass is 35.5. The average molecular weight is 388 g/mol. The average Bonchev–Trinajstić information content (AvgIpc) is 3.02. The fourth-order valence-corrected chi connectivity index (χ4v) is 4.27. The topological polar surface area (TPSA) is 36.4 Å². The zero-order valence-electron chi connectivity index (χ0n) is 15.2. The van der Waals surface area contributed by atoms with Gasteiger partial charge in [-0.2, -0.15) is 0 Å². The maximum atomic E-state index is 13.1. The quantitative estimate of drug-likeness (QED) is 0.606. The Bertz CT molecular complexity index is 908. The van der Waals surface area contributed by atoms with Crippen LogP contribution in [0.5, 0.6) is 0 Å². The van der Waals surface area contributed by atoms with Gasteiger partial charge in [0.15, 0.2) is 5.13 Å². The van der Waals surface area contributed by atoms with Gasteiger partial charge in [0, 0.05) is 17.1 Å². The van der Waals surface area contributed by atoms with Crippen LogP contribution in [-0.2, 0) is 0 Å². The van der Waals surface area contributed by atoms with Gasteiger partial charge in [-0.05, 0) is 63.8 Å². The van der Waals surface area contributed by atoms with Crippen molar-refractivity contribution in [2.24, 2.45) is 0 Å². The third-order valence-corrected chi connectivity index (χ3v) is 5.37. The summed E-state index contributed by atoms with van der Waals surface area (Å²) in [5.41, 5.74) is 2.61. The first-order valence-electron chi connectivity index (χ1n) is 8.54. The number of hydrogen-bond acceptors (Lipinski definition) is 4. The summed E-state index contributed by atoms with van der Waals surface area (Å²) in [5, 5.41) is 1.41. The SMILES string of the molecule is Cc1cc(Cl)cc2sc(N(CCCN(C)C)C(=O)c3ccccc3)nc12. The van der Waals surface area contributed by atoms with Gasteiger partial charge in [0.25, 0.3) is 5.91 Å². The summed E-state index contributed by atoms with van der Waals surface area (Å²) in [6.45, 7) is 3.53. The number of aromatic nitrogens is 1. The maximum Gasteiger partial charge on any atom is 0.260 e. The largest absolute Gasteiger partial charge is 0.309 e. The molecule has 0 saturated carbocycles. The molecule has 136 valence electrons. The summed E-state index contributed by atoms with van der Waals surface area (Å²) in [7, 11) is 4.07. The Labute approximate surface area is 163 Å². The molecule has 6 heteroatoms. The molecule has 3 aromatic rings.